The van der Waals surface area contributed by atoms with E-state index in [9.17, 15) is 13.6 Å². The molecule has 23 heavy (non-hydrogen) atoms. The molecule has 5 heteroatoms. The number of piperidine rings is 1. The summed E-state index contributed by atoms with van der Waals surface area (Å²) in [6.45, 7) is 5.43. The van der Waals surface area contributed by atoms with Crippen molar-refractivity contribution in [2.24, 2.45) is 0 Å². The fraction of sp³-hybridized carbons (Fsp3) is 0.389. The fourth-order valence-electron chi connectivity index (χ4n) is 3.39. The van der Waals surface area contributed by atoms with Gasteiger partial charge in [0.1, 0.15) is 0 Å². The van der Waals surface area contributed by atoms with Crippen molar-refractivity contribution in [3.63, 3.8) is 0 Å². The van der Waals surface area contributed by atoms with E-state index in [-0.39, 0.29) is 11.5 Å². The number of aryl methyl sites for hydroxylation is 2. The molecule has 0 radical (unpaired) electrons. The highest BCUT2D eigenvalue weighted by Gasteiger charge is 2.26. The van der Waals surface area contributed by atoms with Crippen LogP contribution in [0.2, 0.25) is 0 Å². The first-order chi connectivity index (χ1) is 11.0. The largest absolute Gasteiger partial charge is 0.346 e. The van der Waals surface area contributed by atoms with E-state index in [0.717, 1.165) is 25.0 Å². The molecule has 1 fully saturated rings. The van der Waals surface area contributed by atoms with Crippen molar-refractivity contribution in [1.29, 1.82) is 0 Å². The number of benzene rings is 1. The Morgan fingerprint density at radius 3 is 2.17 bits per heavy atom. The van der Waals surface area contributed by atoms with Crippen LogP contribution in [0.3, 0.4) is 0 Å². The molecule has 0 saturated carbocycles. The summed E-state index contributed by atoms with van der Waals surface area (Å²) in [4.78, 5) is 14.1. The predicted molar refractivity (Wildman–Crippen MR) is 84.4 cm³/mol. The Labute approximate surface area is 134 Å². The minimum Gasteiger partial charge on any atom is -0.346 e. The standard InChI is InChI=1S/C18H20F2N2O/c1-12-3-4-13(2)22(12)15-7-9-21(10-8-15)18(23)14-5-6-16(19)17(20)11-14/h3-6,11,15H,7-10H2,1-2H3. The minimum atomic E-state index is -0.982. The molecule has 0 N–H and O–H groups in total. The first-order valence-corrected chi connectivity index (χ1v) is 7.86. The molecule has 3 rings (SSSR count). The third-order valence-corrected chi connectivity index (χ3v) is 4.61. The molecule has 1 aliphatic heterocycles. The summed E-state index contributed by atoms with van der Waals surface area (Å²) < 4.78 is 28.6. The highest BCUT2D eigenvalue weighted by atomic mass is 19.2. The fourth-order valence-corrected chi connectivity index (χ4v) is 3.39. The van der Waals surface area contributed by atoms with E-state index in [1.807, 2.05) is 0 Å². The average Bonchev–Trinajstić information content (AvgIpc) is 2.88. The SMILES string of the molecule is Cc1ccc(C)n1C1CCN(C(=O)c2ccc(F)c(F)c2)CC1. The molecule has 1 aromatic carbocycles. The summed E-state index contributed by atoms with van der Waals surface area (Å²) in [6.07, 6.45) is 1.73. The Morgan fingerprint density at radius 2 is 1.61 bits per heavy atom. The first-order valence-electron chi connectivity index (χ1n) is 7.86. The number of hydrogen-bond donors (Lipinski definition) is 0. The zero-order valence-corrected chi connectivity index (χ0v) is 13.4. The zero-order valence-electron chi connectivity index (χ0n) is 13.4. The summed E-state index contributed by atoms with van der Waals surface area (Å²) >= 11 is 0. The number of amides is 1. The van der Waals surface area contributed by atoms with E-state index < -0.39 is 11.6 Å². The Morgan fingerprint density at radius 1 is 1.00 bits per heavy atom. The zero-order chi connectivity index (χ0) is 16.6. The van der Waals surface area contributed by atoms with Gasteiger partial charge in [0.05, 0.1) is 0 Å². The Balaban J connectivity index is 1.69. The van der Waals surface area contributed by atoms with Gasteiger partial charge in [0.2, 0.25) is 0 Å². The van der Waals surface area contributed by atoms with Gasteiger partial charge in [0, 0.05) is 36.1 Å². The minimum absolute atomic E-state index is 0.204. The van der Waals surface area contributed by atoms with Crippen molar-refractivity contribution in [2.75, 3.05) is 13.1 Å². The molecule has 1 aliphatic rings. The normalized spacial score (nSPS) is 15.9. The number of halogens is 2. The first kappa shape index (κ1) is 15.7. The summed E-state index contributed by atoms with van der Waals surface area (Å²) in [5, 5.41) is 0. The van der Waals surface area contributed by atoms with Crippen LogP contribution in [0.25, 0.3) is 0 Å². The smallest absolute Gasteiger partial charge is 0.253 e. The quantitative estimate of drug-likeness (QED) is 0.825. The monoisotopic (exact) mass is 318 g/mol. The lowest BCUT2D eigenvalue weighted by molar-refractivity contribution is 0.0693. The van der Waals surface area contributed by atoms with Gasteiger partial charge < -0.3 is 9.47 Å². The molecule has 1 amide bonds. The van der Waals surface area contributed by atoms with E-state index in [0.29, 0.717) is 19.1 Å². The molecule has 0 spiro atoms. The van der Waals surface area contributed by atoms with Crippen molar-refractivity contribution in [2.45, 2.75) is 32.7 Å². The van der Waals surface area contributed by atoms with Crippen LogP contribution in [0.5, 0.6) is 0 Å². The predicted octanol–water partition coefficient (Wildman–Crippen LogP) is 3.86. The van der Waals surface area contributed by atoms with Crippen molar-refractivity contribution in [3.8, 4) is 0 Å². The molecule has 1 saturated heterocycles. The molecule has 1 aromatic heterocycles. The number of nitrogens with zero attached hydrogens (tertiary/aromatic N) is 2. The summed E-state index contributed by atoms with van der Waals surface area (Å²) in [5.41, 5.74) is 2.66. The van der Waals surface area contributed by atoms with Crippen molar-refractivity contribution >= 4 is 5.91 Å². The van der Waals surface area contributed by atoms with Crippen LogP contribution in [-0.4, -0.2) is 28.5 Å². The molecular formula is C18H20F2N2O. The van der Waals surface area contributed by atoms with E-state index in [4.69, 9.17) is 0 Å². The molecule has 0 unspecified atom stereocenters. The van der Waals surface area contributed by atoms with E-state index in [2.05, 4.69) is 30.5 Å². The van der Waals surface area contributed by atoms with Gasteiger partial charge in [-0.3, -0.25) is 4.79 Å². The van der Waals surface area contributed by atoms with E-state index >= 15 is 0 Å². The van der Waals surface area contributed by atoms with Gasteiger partial charge in [0.25, 0.3) is 5.91 Å². The van der Waals surface area contributed by atoms with Gasteiger partial charge in [-0.05, 0) is 57.0 Å². The van der Waals surface area contributed by atoms with Crippen LogP contribution >= 0.6 is 0 Å². The van der Waals surface area contributed by atoms with Crippen LogP contribution in [-0.2, 0) is 0 Å². The Kier molecular flexibility index (Phi) is 4.20. The van der Waals surface area contributed by atoms with Crippen molar-refractivity contribution in [1.82, 2.24) is 9.47 Å². The second-order valence-electron chi connectivity index (χ2n) is 6.14. The number of aromatic nitrogens is 1. The van der Waals surface area contributed by atoms with Gasteiger partial charge in [-0.1, -0.05) is 0 Å². The van der Waals surface area contributed by atoms with Gasteiger partial charge in [0.15, 0.2) is 11.6 Å². The highest BCUT2D eigenvalue weighted by Crippen LogP contribution is 2.27. The third-order valence-electron chi connectivity index (χ3n) is 4.61. The lowest BCUT2D eigenvalue weighted by atomic mass is 10.0. The molecule has 3 nitrogen and oxygen atoms in total. The van der Waals surface area contributed by atoms with Crippen molar-refractivity contribution < 1.29 is 13.6 Å². The van der Waals surface area contributed by atoms with E-state index in [1.54, 1.807) is 4.90 Å². The Bertz CT molecular complexity index is 711. The number of carbonyl (C=O) groups excluding carboxylic acids is 1. The van der Waals surface area contributed by atoms with Gasteiger partial charge in [-0.2, -0.15) is 0 Å². The molecule has 0 atom stereocenters. The van der Waals surface area contributed by atoms with E-state index in [1.165, 1.54) is 17.5 Å². The van der Waals surface area contributed by atoms with Crippen LogP contribution in [0.15, 0.2) is 30.3 Å². The van der Waals surface area contributed by atoms with Gasteiger partial charge in [-0.25, -0.2) is 8.78 Å². The summed E-state index contributed by atoms with van der Waals surface area (Å²) in [5.74, 6) is -2.15. The van der Waals surface area contributed by atoms with Crippen LogP contribution in [0.1, 0.15) is 40.6 Å². The average molecular weight is 318 g/mol. The number of carbonyl (C=O) groups is 1. The lowest BCUT2D eigenvalue weighted by Crippen LogP contribution is -2.39. The van der Waals surface area contributed by atoms with Gasteiger partial charge >= 0.3 is 0 Å². The molecule has 2 heterocycles. The molecule has 0 aliphatic carbocycles. The maximum atomic E-state index is 13.3. The lowest BCUT2D eigenvalue weighted by Gasteiger charge is -2.34. The maximum Gasteiger partial charge on any atom is 0.253 e. The second kappa shape index (κ2) is 6.14. The summed E-state index contributed by atoms with van der Waals surface area (Å²) in [7, 11) is 0. The maximum absolute atomic E-state index is 13.3. The van der Waals surface area contributed by atoms with Crippen LogP contribution in [0.4, 0.5) is 8.78 Å². The topological polar surface area (TPSA) is 25.2 Å². The molecule has 122 valence electrons. The molecule has 0 bridgehead atoms. The van der Waals surface area contributed by atoms with Crippen LogP contribution < -0.4 is 0 Å². The number of rotatable bonds is 2. The van der Waals surface area contributed by atoms with Crippen LogP contribution in [0, 0.1) is 25.5 Å². The van der Waals surface area contributed by atoms with Crippen molar-refractivity contribution in [3.05, 3.63) is 58.9 Å². The molecule has 2 aromatic rings. The molecular weight excluding hydrogens is 298 g/mol. The summed E-state index contributed by atoms with van der Waals surface area (Å²) in [6, 6.07) is 7.92. The number of hydrogen-bond acceptors (Lipinski definition) is 1. The Hall–Kier alpha value is -2.17. The second-order valence-corrected chi connectivity index (χ2v) is 6.14. The third kappa shape index (κ3) is 3.00. The van der Waals surface area contributed by atoms with Gasteiger partial charge in [-0.15, -0.1) is 0 Å². The highest BCUT2D eigenvalue weighted by molar-refractivity contribution is 5.94. The number of likely N-dealkylation sites (tertiary alicyclic amines) is 1.